The molecule has 2 heterocycles. The van der Waals surface area contributed by atoms with Gasteiger partial charge in [0.15, 0.2) is 0 Å². The van der Waals surface area contributed by atoms with Gasteiger partial charge in [0.1, 0.15) is 5.69 Å². The van der Waals surface area contributed by atoms with Crippen molar-refractivity contribution < 1.29 is 4.79 Å². The summed E-state index contributed by atoms with van der Waals surface area (Å²) in [5.41, 5.74) is 1.25. The number of aromatic nitrogens is 2. The molecule has 0 saturated carbocycles. The Morgan fingerprint density at radius 2 is 2.27 bits per heavy atom. The summed E-state index contributed by atoms with van der Waals surface area (Å²) in [4.78, 5) is 12.1. The van der Waals surface area contributed by atoms with Crippen LogP contribution in [0, 0.1) is 0 Å². The first-order chi connectivity index (χ1) is 7.09. The topological polar surface area (TPSA) is 34.9 Å². The van der Waals surface area contributed by atoms with E-state index < -0.39 is 0 Å². The number of hydrogen-bond donors (Lipinski definition) is 0. The molecular formula is C9H6Br2N2OS. The van der Waals surface area contributed by atoms with E-state index in [1.165, 1.54) is 11.3 Å². The highest BCUT2D eigenvalue weighted by Gasteiger charge is 2.17. The molecule has 0 aliphatic rings. The first-order valence-electron chi connectivity index (χ1n) is 4.07. The molecule has 0 saturated heterocycles. The molecule has 0 fully saturated rings. The van der Waals surface area contributed by atoms with Gasteiger partial charge in [0, 0.05) is 13.2 Å². The Kier molecular flexibility index (Phi) is 3.08. The van der Waals surface area contributed by atoms with Crippen molar-refractivity contribution in [3.63, 3.8) is 0 Å². The lowest BCUT2D eigenvalue weighted by molar-refractivity contribution is 0.103. The van der Waals surface area contributed by atoms with Crippen LogP contribution in [0.15, 0.2) is 25.9 Å². The van der Waals surface area contributed by atoms with Crippen LogP contribution in [-0.4, -0.2) is 15.6 Å². The fraction of sp³-hybridized carbons (Fsp3) is 0.111. The number of carbonyl (C=O) groups excluding carboxylic acids is 1. The minimum absolute atomic E-state index is 0.0242. The van der Waals surface area contributed by atoms with Gasteiger partial charge in [-0.25, -0.2) is 0 Å². The highest BCUT2D eigenvalue weighted by atomic mass is 79.9. The summed E-state index contributed by atoms with van der Waals surface area (Å²) in [6, 6.07) is 3.52. The molecule has 0 amide bonds. The Balaban J connectivity index is 2.45. The minimum Gasteiger partial charge on any atom is -0.287 e. The molecule has 2 aromatic heterocycles. The fourth-order valence-electron chi connectivity index (χ4n) is 1.23. The zero-order valence-electron chi connectivity index (χ0n) is 7.70. The van der Waals surface area contributed by atoms with E-state index in [1.54, 1.807) is 24.0 Å². The SMILES string of the molecule is Cn1nccc1C(=O)c1cc(Br)sc1Br. The standard InChI is InChI=1S/C9H6Br2N2OS/c1-13-6(2-3-12-13)8(14)5-4-7(10)15-9(5)11/h2-4H,1H3. The summed E-state index contributed by atoms with van der Waals surface area (Å²) < 4.78 is 3.33. The number of rotatable bonds is 2. The number of hydrogen-bond acceptors (Lipinski definition) is 3. The number of halogens is 2. The second-order valence-electron chi connectivity index (χ2n) is 2.91. The molecule has 2 aromatic rings. The Morgan fingerprint density at radius 3 is 2.73 bits per heavy atom. The Labute approximate surface area is 107 Å². The quantitative estimate of drug-likeness (QED) is 0.780. The van der Waals surface area contributed by atoms with Gasteiger partial charge in [-0.1, -0.05) is 0 Å². The van der Waals surface area contributed by atoms with Crippen LogP contribution in [-0.2, 0) is 7.05 Å². The Bertz CT molecular complexity index is 518. The maximum atomic E-state index is 12.1. The van der Waals surface area contributed by atoms with Crippen molar-refractivity contribution in [3.05, 3.63) is 37.2 Å². The molecule has 78 valence electrons. The van der Waals surface area contributed by atoms with E-state index in [9.17, 15) is 4.79 Å². The number of thiophene rings is 1. The van der Waals surface area contributed by atoms with Crippen molar-refractivity contribution in [2.75, 3.05) is 0 Å². The normalized spacial score (nSPS) is 10.6. The first-order valence-corrected chi connectivity index (χ1v) is 6.47. The predicted molar refractivity (Wildman–Crippen MR) is 66.4 cm³/mol. The maximum absolute atomic E-state index is 12.1. The summed E-state index contributed by atoms with van der Waals surface area (Å²) in [7, 11) is 1.75. The lowest BCUT2D eigenvalue weighted by Crippen LogP contribution is -2.07. The van der Waals surface area contributed by atoms with Crippen molar-refractivity contribution in [3.8, 4) is 0 Å². The van der Waals surface area contributed by atoms with E-state index in [1.807, 2.05) is 6.07 Å². The van der Waals surface area contributed by atoms with Gasteiger partial charge >= 0.3 is 0 Å². The van der Waals surface area contributed by atoms with Crippen LogP contribution < -0.4 is 0 Å². The molecule has 0 N–H and O–H groups in total. The molecule has 2 rings (SSSR count). The number of nitrogens with zero attached hydrogens (tertiary/aromatic N) is 2. The molecule has 0 aliphatic heterocycles. The minimum atomic E-state index is -0.0242. The molecule has 0 unspecified atom stereocenters. The second kappa shape index (κ2) is 4.19. The third-order valence-electron chi connectivity index (χ3n) is 1.95. The van der Waals surface area contributed by atoms with Crippen LogP contribution in [0.1, 0.15) is 16.1 Å². The predicted octanol–water partition coefficient (Wildman–Crippen LogP) is 3.24. The van der Waals surface area contributed by atoms with Gasteiger partial charge in [0.05, 0.1) is 13.1 Å². The number of carbonyl (C=O) groups is 1. The average Bonchev–Trinajstić information content (AvgIpc) is 2.71. The van der Waals surface area contributed by atoms with Crippen molar-refractivity contribution in [1.82, 2.24) is 9.78 Å². The van der Waals surface area contributed by atoms with Crippen LogP contribution in [0.3, 0.4) is 0 Å². The van der Waals surface area contributed by atoms with Crippen LogP contribution in [0.2, 0.25) is 0 Å². The van der Waals surface area contributed by atoms with Gasteiger partial charge in [-0.3, -0.25) is 9.48 Å². The van der Waals surface area contributed by atoms with Crippen LogP contribution in [0.25, 0.3) is 0 Å². The zero-order valence-corrected chi connectivity index (χ0v) is 11.7. The van der Waals surface area contributed by atoms with E-state index in [2.05, 4.69) is 37.0 Å². The van der Waals surface area contributed by atoms with Gasteiger partial charge in [-0.2, -0.15) is 5.10 Å². The molecule has 0 atom stereocenters. The third kappa shape index (κ3) is 2.07. The molecular weight excluding hydrogens is 344 g/mol. The smallest absolute Gasteiger partial charge is 0.213 e. The van der Waals surface area contributed by atoms with Crippen molar-refractivity contribution in [2.24, 2.45) is 7.05 Å². The highest BCUT2D eigenvalue weighted by molar-refractivity contribution is 9.12. The summed E-state index contributed by atoms with van der Waals surface area (Å²) in [6.07, 6.45) is 1.61. The van der Waals surface area contributed by atoms with Gasteiger partial charge in [0.2, 0.25) is 5.78 Å². The van der Waals surface area contributed by atoms with E-state index >= 15 is 0 Å². The molecule has 0 spiro atoms. The van der Waals surface area contributed by atoms with Crippen molar-refractivity contribution in [1.29, 1.82) is 0 Å². The highest BCUT2D eigenvalue weighted by Crippen LogP contribution is 2.33. The molecule has 15 heavy (non-hydrogen) atoms. The molecule has 3 nitrogen and oxygen atoms in total. The van der Waals surface area contributed by atoms with E-state index in [0.29, 0.717) is 11.3 Å². The Hall–Kier alpha value is -0.460. The monoisotopic (exact) mass is 348 g/mol. The zero-order chi connectivity index (χ0) is 11.0. The fourth-order valence-corrected chi connectivity index (χ4v) is 4.02. The second-order valence-corrected chi connectivity index (χ2v) is 6.66. The molecule has 0 aromatic carbocycles. The molecule has 6 heteroatoms. The summed E-state index contributed by atoms with van der Waals surface area (Å²) in [6.45, 7) is 0. The van der Waals surface area contributed by atoms with Gasteiger partial charge in [-0.05, 0) is 44.0 Å². The summed E-state index contributed by atoms with van der Waals surface area (Å²) in [5.74, 6) is -0.0242. The van der Waals surface area contributed by atoms with Gasteiger partial charge in [0.25, 0.3) is 0 Å². The van der Waals surface area contributed by atoms with E-state index in [0.717, 1.165) is 7.57 Å². The third-order valence-corrected chi connectivity index (χ3v) is 4.29. The molecule has 0 radical (unpaired) electrons. The summed E-state index contributed by atoms with van der Waals surface area (Å²) >= 11 is 8.20. The average molecular weight is 350 g/mol. The number of ketones is 1. The Morgan fingerprint density at radius 1 is 1.53 bits per heavy atom. The molecule has 0 bridgehead atoms. The van der Waals surface area contributed by atoms with E-state index in [4.69, 9.17) is 0 Å². The van der Waals surface area contributed by atoms with Crippen LogP contribution in [0.4, 0.5) is 0 Å². The molecule has 0 aliphatic carbocycles. The van der Waals surface area contributed by atoms with Crippen molar-refractivity contribution in [2.45, 2.75) is 0 Å². The number of aryl methyl sites for hydroxylation is 1. The lowest BCUT2D eigenvalue weighted by atomic mass is 10.2. The first kappa shape index (κ1) is 11.0. The van der Waals surface area contributed by atoms with Gasteiger partial charge in [-0.15, -0.1) is 11.3 Å². The largest absolute Gasteiger partial charge is 0.287 e. The summed E-state index contributed by atoms with van der Waals surface area (Å²) in [5, 5.41) is 3.97. The maximum Gasteiger partial charge on any atom is 0.213 e. The van der Waals surface area contributed by atoms with Crippen LogP contribution in [0.5, 0.6) is 0 Å². The van der Waals surface area contributed by atoms with E-state index in [-0.39, 0.29) is 5.78 Å². The lowest BCUT2D eigenvalue weighted by Gasteiger charge is -1.99. The van der Waals surface area contributed by atoms with Crippen LogP contribution >= 0.6 is 43.2 Å². The van der Waals surface area contributed by atoms with Crippen molar-refractivity contribution >= 4 is 49.0 Å². The van der Waals surface area contributed by atoms with Gasteiger partial charge < -0.3 is 0 Å².